The van der Waals surface area contributed by atoms with Crippen molar-refractivity contribution in [2.24, 2.45) is 11.8 Å². The van der Waals surface area contributed by atoms with Crippen LogP contribution in [0.4, 0.5) is 0 Å². The van der Waals surface area contributed by atoms with Gasteiger partial charge in [0.15, 0.2) is 0 Å². The molecule has 1 aromatic carbocycles. The highest BCUT2D eigenvalue weighted by Gasteiger charge is 2.48. The molecule has 1 aromatic heterocycles. The zero-order valence-electron chi connectivity index (χ0n) is 14.8. The number of aliphatic hydroxyl groups is 2. The van der Waals surface area contributed by atoms with E-state index in [0.717, 1.165) is 32.4 Å². The summed E-state index contributed by atoms with van der Waals surface area (Å²) in [5.74, 6) is 1.08. The van der Waals surface area contributed by atoms with Crippen LogP contribution in [0.3, 0.4) is 0 Å². The van der Waals surface area contributed by atoms with E-state index in [-0.39, 0.29) is 5.75 Å². The second kappa shape index (κ2) is 6.99. The van der Waals surface area contributed by atoms with Crippen molar-refractivity contribution in [3.63, 3.8) is 0 Å². The number of rotatable bonds is 5. The summed E-state index contributed by atoms with van der Waals surface area (Å²) in [6, 6.07) is 13.4. The molecule has 0 amide bonds. The maximum absolute atomic E-state index is 11.0. The third-order valence-corrected chi connectivity index (χ3v) is 5.86. The van der Waals surface area contributed by atoms with Gasteiger partial charge in [-0.3, -0.25) is 9.88 Å². The lowest BCUT2D eigenvalue weighted by atomic mass is 9.91. The fraction of sp³-hybridized carbons (Fsp3) is 0.476. The summed E-state index contributed by atoms with van der Waals surface area (Å²) in [7, 11) is 0. The summed E-state index contributed by atoms with van der Waals surface area (Å²) in [6.45, 7) is 2.37. The number of benzene rings is 1. The van der Waals surface area contributed by atoms with Crippen molar-refractivity contribution < 1.29 is 15.3 Å². The molecule has 3 atom stereocenters. The van der Waals surface area contributed by atoms with Crippen LogP contribution in [0.15, 0.2) is 48.7 Å². The number of hydrogen-bond donors (Lipinski definition) is 3. The number of aliphatic hydroxyl groups excluding tert-OH is 1. The highest BCUT2D eigenvalue weighted by molar-refractivity contribution is 5.20. The molecule has 2 aromatic rings. The van der Waals surface area contributed by atoms with Crippen molar-refractivity contribution in [2.75, 3.05) is 19.6 Å². The Hall–Kier alpha value is -1.95. The van der Waals surface area contributed by atoms with Crippen LogP contribution in [0.25, 0.3) is 0 Å². The van der Waals surface area contributed by atoms with Crippen LogP contribution in [0.2, 0.25) is 0 Å². The average Bonchev–Trinajstić information content (AvgIpc) is 3.10. The van der Waals surface area contributed by atoms with Crippen LogP contribution < -0.4 is 0 Å². The number of fused-ring (bicyclic) bond motifs is 1. The van der Waals surface area contributed by atoms with Crippen molar-refractivity contribution in [2.45, 2.75) is 31.0 Å². The third kappa shape index (κ3) is 3.75. The third-order valence-electron chi connectivity index (χ3n) is 5.86. The number of β-amino-alcohol motifs (C(OH)–C–C–N with tert-alkyl or cyclic N) is 1. The van der Waals surface area contributed by atoms with Gasteiger partial charge in [0, 0.05) is 26.1 Å². The SMILES string of the molecule is Oc1ccc([C@H](O)CN2C[C@@H]3CC(O)(Cc4ccccc4)C[C@H]3C2)nc1. The van der Waals surface area contributed by atoms with Gasteiger partial charge in [-0.05, 0) is 42.4 Å². The Balaban J connectivity index is 1.32. The predicted molar refractivity (Wildman–Crippen MR) is 98.6 cm³/mol. The van der Waals surface area contributed by atoms with Crippen molar-refractivity contribution >= 4 is 0 Å². The minimum Gasteiger partial charge on any atom is -0.506 e. The second-order valence-corrected chi connectivity index (χ2v) is 7.99. The van der Waals surface area contributed by atoms with Gasteiger partial charge in [0.1, 0.15) is 11.9 Å². The molecule has 0 spiro atoms. The van der Waals surface area contributed by atoms with E-state index in [1.54, 1.807) is 12.1 Å². The van der Waals surface area contributed by atoms with Crippen molar-refractivity contribution in [3.8, 4) is 5.75 Å². The first-order chi connectivity index (χ1) is 12.5. The maximum atomic E-state index is 11.0. The maximum Gasteiger partial charge on any atom is 0.133 e. The Bertz CT molecular complexity index is 721. The summed E-state index contributed by atoms with van der Waals surface area (Å²) in [4.78, 5) is 6.37. The van der Waals surface area contributed by atoms with Gasteiger partial charge >= 0.3 is 0 Å². The molecule has 1 aliphatic carbocycles. The zero-order valence-corrected chi connectivity index (χ0v) is 14.8. The number of nitrogens with zero attached hydrogens (tertiary/aromatic N) is 2. The predicted octanol–water partition coefficient (Wildman–Crippen LogP) is 2.14. The quantitative estimate of drug-likeness (QED) is 0.767. The smallest absolute Gasteiger partial charge is 0.133 e. The van der Waals surface area contributed by atoms with Crippen molar-refractivity contribution in [3.05, 3.63) is 59.9 Å². The molecule has 2 fully saturated rings. The Labute approximate surface area is 153 Å². The molecule has 2 heterocycles. The van der Waals surface area contributed by atoms with Gasteiger partial charge in [0.2, 0.25) is 0 Å². The minimum atomic E-state index is -0.655. The van der Waals surface area contributed by atoms with Crippen molar-refractivity contribution in [1.82, 2.24) is 9.88 Å². The van der Waals surface area contributed by atoms with E-state index < -0.39 is 11.7 Å². The lowest BCUT2D eigenvalue weighted by molar-refractivity contribution is 0.0327. The Morgan fingerprint density at radius 2 is 1.77 bits per heavy atom. The molecule has 1 aliphatic heterocycles. The first-order valence-corrected chi connectivity index (χ1v) is 9.32. The Morgan fingerprint density at radius 3 is 2.38 bits per heavy atom. The molecule has 138 valence electrons. The molecule has 5 nitrogen and oxygen atoms in total. The van der Waals surface area contributed by atoms with Gasteiger partial charge in [-0.15, -0.1) is 0 Å². The van der Waals surface area contributed by atoms with Gasteiger partial charge in [0.05, 0.1) is 17.5 Å². The zero-order chi connectivity index (χ0) is 18.1. The highest BCUT2D eigenvalue weighted by Crippen LogP contribution is 2.45. The summed E-state index contributed by atoms with van der Waals surface area (Å²) in [6.07, 6.45) is 3.09. The van der Waals surface area contributed by atoms with Gasteiger partial charge < -0.3 is 15.3 Å². The van der Waals surface area contributed by atoms with Crippen LogP contribution in [0.1, 0.15) is 30.2 Å². The molecule has 1 saturated heterocycles. The topological polar surface area (TPSA) is 76.8 Å². The Kier molecular flexibility index (Phi) is 4.69. The van der Waals surface area contributed by atoms with E-state index in [2.05, 4.69) is 22.0 Å². The fourth-order valence-electron chi connectivity index (χ4n) is 4.76. The standard InChI is InChI=1S/C21H26N2O3/c24-18-6-7-19(22-11-18)20(25)14-23-12-16-9-21(26,10-17(16)13-23)8-15-4-2-1-3-5-15/h1-7,11,16-17,20,24-26H,8-10,12-14H2/t16-,17-,20+/m0/s1. The molecule has 5 heteroatoms. The van der Waals surface area contributed by atoms with E-state index in [1.807, 2.05) is 18.2 Å². The van der Waals surface area contributed by atoms with Crippen LogP contribution in [0, 0.1) is 11.8 Å². The molecule has 0 bridgehead atoms. The van der Waals surface area contributed by atoms with E-state index >= 15 is 0 Å². The number of pyridine rings is 1. The van der Waals surface area contributed by atoms with Crippen LogP contribution in [-0.2, 0) is 6.42 Å². The van der Waals surface area contributed by atoms with E-state index in [0.29, 0.717) is 24.1 Å². The molecule has 26 heavy (non-hydrogen) atoms. The molecule has 0 unspecified atom stereocenters. The number of aromatic nitrogens is 1. The molecule has 4 rings (SSSR count). The largest absolute Gasteiger partial charge is 0.506 e. The molecule has 3 N–H and O–H groups in total. The first kappa shape index (κ1) is 17.5. The molecular weight excluding hydrogens is 328 g/mol. The molecular formula is C21H26N2O3. The first-order valence-electron chi connectivity index (χ1n) is 9.32. The number of likely N-dealkylation sites (tertiary alicyclic amines) is 1. The van der Waals surface area contributed by atoms with Crippen LogP contribution in [-0.4, -0.2) is 50.4 Å². The summed E-state index contributed by atoms with van der Waals surface area (Å²) >= 11 is 0. The van der Waals surface area contributed by atoms with Crippen LogP contribution >= 0.6 is 0 Å². The van der Waals surface area contributed by atoms with Gasteiger partial charge in [-0.25, -0.2) is 0 Å². The monoisotopic (exact) mass is 354 g/mol. The lowest BCUT2D eigenvalue weighted by Crippen LogP contribution is -2.33. The van der Waals surface area contributed by atoms with Gasteiger partial charge in [-0.2, -0.15) is 0 Å². The van der Waals surface area contributed by atoms with E-state index in [9.17, 15) is 15.3 Å². The molecule has 0 radical (unpaired) electrons. The number of hydrogen-bond acceptors (Lipinski definition) is 5. The molecule has 1 saturated carbocycles. The summed E-state index contributed by atoms with van der Waals surface area (Å²) in [5.41, 5.74) is 1.18. The van der Waals surface area contributed by atoms with E-state index in [4.69, 9.17) is 0 Å². The lowest BCUT2D eigenvalue weighted by Gasteiger charge is -2.27. The van der Waals surface area contributed by atoms with Gasteiger partial charge in [-0.1, -0.05) is 30.3 Å². The van der Waals surface area contributed by atoms with Gasteiger partial charge in [0.25, 0.3) is 0 Å². The summed E-state index contributed by atoms with van der Waals surface area (Å²) < 4.78 is 0. The summed E-state index contributed by atoms with van der Waals surface area (Å²) in [5, 5.41) is 30.7. The fourth-order valence-corrected chi connectivity index (χ4v) is 4.76. The second-order valence-electron chi connectivity index (χ2n) is 7.99. The van der Waals surface area contributed by atoms with E-state index in [1.165, 1.54) is 11.8 Å². The minimum absolute atomic E-state index is 0.106. The van der Waals surface area contributed by atoms with Crippen LogP contribution in [0.5, 0.6) is 5.75 Å². The normalized spacial score (nSPS) is 25.9. The van der Waals surface area contributed by atoms with Crippen molar-refractivity contribution in [1.29, 1.82) is 0 Å². The highest BCUT2D eigenvalue weighted by atomic mass is 16.3. The average molecular weight is 354 g/mol. The Morgan fingerprint density at radius 1 is 1.08 bits per heavy atom. The number of aromatic hydroxyl groups is 1. The molecule has 2 aliphatic rings.